The van der Waals surface area contributed by atoms with Crippen molar-refractivity contribution in [1.82, 2.24) is 14.7 Å². The lowest BCUT2D eigenvalue weighted by molar-refractivity contribution is -0.113. The predicted molar refractivity (Wildman–Crippen MR) is 159 cm³/mol. The minimum absolute atomic E-state index is 0.0690. The van der Waals surface area contributed by atoms with E-state index >= 15 is 0 Å². The smallest absolute Gasteiger partial charge is 0.286 e. The zero-order valence-corrected chi connectivity index (χ0v) is 23.6. The fraction of sp³-hybridized carbons (Fsp3) is 0.219. The Hall–Kier alpha value is -4.21. The third-order valence-electron chi connectivity index (χ3n) is 6.83. The molecule has 1 fully saturated rings. The number of morpholine rings is 1. The molecule has 0 aliphatic carbocycles. The Morgan fingerprint density at radius 1 is 1.00 bits per heavy atom. The highest BCUT2D eigenvalue weighted by Crippen LogP contribution is 2.34. The van der Waals surface area contributed by atoms with Crippen molar-refractivity contribution in [2.24, 2.45) is 4.99 Å². The van der Waals surface area contributed by atoms with E-state index in [2.05, 4.69) is 9.89 Å². The molecule has 0 unspecified atom stereocenters. The van der Waals surface area contributed by atoms with Gasteiger partial charge in [-0.05, 0) is 74.1 Å². The fourth-order valence-corrected chi connectivity index (χ4v) is 5.85. The lowest BCUT2D eigenvalue weighted by atomic mass is 10.1. The highest BCUT2D eigenvalue weighted by atomic mass is 32.2. The summed E-state index contributed by atoms with van der Waals surface area (Å²) in [6, 6.07) is 23.9. The monoisotopic (exact) mass is 568 g/mol. The van der Waals surface area contributed by atoms with Crippen molar-refractivity contribution >= 4 is 28.9 Å². The highest BCUT2D eigenvalue weighted by molar-refractivity contribution is 8.18. The largest absolute Gasteiger partial charge is 0.489 e. The van der Waals surface area contributed by atoms with Gasteiger partial charge in [0.15, 0.2) is 5.17 Å². The van der Waals surface area contributed by atoms with Crippen LogP contribution < -0.4 is 4.74 Å². The Kier molecular flexibility index (Phi) is 7.71. The van der Waals surface area contributed by atoms with E-state index in [0.29, 0.717) is 34.5 Å². The van der Waals surface area contributed by atoms with E-state index in [-0.39, 0.29) is 30.5 Å². The summed E-state index contributed by atoms with van der Waals surface area (Å²) in [6.45, 7) is 5.58. The van der Waals surface area contributed by atoms with Crippen LogP contribution in [-0.2, 0) is 16.1 Å². The lowest BCUT2D eigenvalue weighted by Crippen LogP contribution is -2.47. The van der Waals surface area contributed by atoms with Gasteiger partial charge >= 0.3 is 0 Å². The first-order valence-corrected chi connectivity index (χ1v) is 14.3. The molecule has 4 aromatic rings. The number of hydrogen-bond acceptors (Lipinski definition) is 6. The number of benzene rings is 3. The summed E-state index contributed by atoms with van der Waals surface area (Å²) in [5.41, 5.74) is 3.77. The van der Waals surface area contributed by atoms with Gasteiger partial charge in [-0.3, -0.25) is 4.79 Å². The molecule has 2 aliphatic rings. The molecule has 208 valence electrons. The van der Waals surface area contributed by atoms with Gasteiger partial charge in [0.2, 0.25) is 0 Å². The van der Waals surface area contributed by atoms with Crippen molar-refractivity contribution in [2.75, 3.05) is 13.1 Å². The van der Waals surface area contributed by atoms with Crippen molar-refractivity contribution in [3.05, 3.63) is 107 Å². The SMILES string of the molecule is C[C@H]1CN(C2=NC(=O)/C(=C/c3cn(-c4ccccc4)nc3-c3ccc(OCc4ccccc4F)cc3)S2)C[C@H](C)O1. The van der Waals surface area contributed by atoms with Crippen molar-refractivity contribution < 1.29 is 18.7 Å². The molecule has 1 amide bonds. The first-order chi connectivity index (χ1) is 19.9. The van der Waals surface area contributed by atoms with Gasteiger partial charge in [-0.1, -0.05) is 36.4 Å². The van der Waals surface area contributed by atoms with Crippen LogP contribution in [0.3, 0.4) is 0 Å². The number of ether oxygens (including phenoxy) is 2. The number of carbonyl (C=O) groups excluding carboxylic acids is 1. The van der Waals surface area contributed by atoms with Gasteiger partial charge in [-0.15, -0.1) is 0 Å². The van der Waals surface area contributed by atoms with Crippen molar-refractivity contribution in [3.63, 3.8) is 0 Å². The number of thioether (sulfide) groups is 1. The molecule has 0 saturated carbocycles. The molecule has 0 bridgehead atoms. The number of aliphatic imine (C=N–C) groups is 1. The Morgan fingerprint density at radius 2 is 1.71 bits per heavy atom. The topological polar surface area (TPSA) is 69.0 Å². The number of rotatable bonds is 6. The minimum atomic E-state index is -0.294. The molecule has 1 aromatic heterocycles. The van der Waals surface area contributed by atoms with Gasteiger partial charge < -0.3 is 14.4 Å². The van der Waals surface area contributed by atoms with Crippen LogP contribution in [0.25, 0.3) is 23.0 Å². The van der Waals surface area contributed by atoms with Crippen LogP contribution in [0.1, 0.15) is 25.0 Å². The third-order valence-corrected chi connectivity index (χ3v) is 7.87. The van der Waals surface area contributed by atoms with E-state index in [0.717, 1.165) is 22.5 Å². The summed E-state index contributed by atoms with van der Waals surface area (Å²) < 4.78 is 27.5. The van der Waals surface area contributed by atoms with Gasteiger partial charge in [0.1, 0.15) is 18.2 Å². The van der Waals surface area contributed by atoms with Crippen LogP contribution in [0.5, 0.6) is 5.75 Å². The number of carbonyl (C=O) groups is 1. The van der Waals surface area contributed by atoms with E-state index in [9.17, 15) is 9.18 Å². The Balaban J connectivity index is 1.27. The summed E-state index contributed by atoms with van der Waals surface area (Å²) in [7, 11) is 0. The predicted octanol–water partition coefficient (Wildman–Crippen LogP) is 6.34. The van der Waals surface area contributed by atoms with Crippen LogP contribution in [0.4, 0.5) is 4.39 Å². The highest BCUT2D eigenvalue weighted by Gasteiger charge is 2.31. The average Bonchev–Trinajstić information content (AvgIpc) is 3.56. The van der Waals surface area contributed by atoms with Gasteiger partial charge in [-0.2, -0.15) is 10.1 Å². The molecule has 1 saturated heterocycles. The standard InChI is InChI=1S/C32H29FN4O3S/c1-21-17-36(18-22(2)40-21)32-34-31(38)29(41-32)16-25-19-37(26-9-4-3-5-10-26)35-30(25)23-12-14-27(15-13-23)39-20-24-8-6-7-11-28(24)33/h3-16,19,21-22H,17-18,20H2,1-2H3/b29-16-/t21-,22-/m0/s1. The molecule has 0 spiro atoms. The number of halogens is 1. The van der Waals surface area contributed by atoms with Crippen LogP contribution in [-0.4, -0.2) is 51.1 Å². The molecule has 7 nitrogen and oxygen atoms in total. The summed E-state index contributed by atoms with van der Waals surface area (Å²) in [5.74, 6) is 0.0670. The summed E-state index contributed by atoms with van der Waals surface area (Å²) in [4.78, 5) is 20.0. The molecule has 9 heteroatoms. The van der Waals surface area contributed by atoms with Gasteiger partial charge in [0.25, 0.3) is 5.91 Å². The normalized spacial score (nSPS) is 20.0. The van der Waals surface area contributed by atoms with Crippen LogP contribution in [0, 0.1) is 5.82 Å². The van der Waals surface area contributed by atoms with E-state index in [1.54, 1.807) is 18.2 Å². The molecular formula is C32H29FN4O3S. The van der Waals surface area contributed by atoms with Crippen LogP contribution in [0.2, 0.25) is 0 Å². The molecule has 3 aromatic carbocycles. The molecular weight excluding hydrogens is 539 g/mol. The van der Waals surface area contributed by atoms with Crippen LogP contribution >= 0.6 is 11.8 Å². The fourth-order valence-electron chi connectivity index (χ4n) is 4.92. The van der Waals surface area contributed by atoms with E-state index in [4.69, 9.17) is 14.6 Å². The maximum Gasteiger partial charge on any atom is 0.286 e. The second kappa shape index (κ2) is 11.7. The average molecular weight is 569 g/mol. The lowest BCUT2D eigenvalue weighted by Gasteiger charge is -2.35. The van der Waals surface area contributed by atoms with E-state index in [1.165, 1.54) is 17.8 Å². The van der Waals surface area contributed by atoms with Crippen molar-refractivity contribution in [1.29, 1.82) is 0 Å². The Labute approximate surface area is 242 Å². The summed E-state index contributed by atoms with van der Waals surface area (Å²) in [6.07, 6.45) is 3.92. The first kappa shape index (κ1) is 27.0. The second-order valence-electron chi connectivity index (χ2n) is 10.1. The molecule has 41 heavy (non-hydrogen) atoms. The number of amides is 1. The Morgan fingerprint density at radius 3 is 2.44 bits per heavy atom. The van der Waals surface area contributed by atoms with Crippen molar-refractivity contribution in [3.8, 4) is 22.7 Å². The number of para-hydroxylation sites is 1. The molecule has 3 heterocycles. The number of amidine groups is 1. The van der Waals surface area contributed by atoms with Crippen LogP contribution in [0.15, 0.2) is 95.0 Å². The molecule has 2 aliphatic heterocycles. The number of aromatic nitrogens is 2. The second-order valence-corrected chi connectivity index (χ2v) is 11.1. The number of nitrogens with zero attached hydrogens (tertiary/aromatic N) is 4. The molecule has 0 radical (unpaired) electrons. The zero-order valence-electron chi connectivity index (χ0n) is 22.7. The van der Waals surface area contributed by atoms with E-state index < -0.39 is 0 Å². The summed E-state index contributed by atoms with van der Waals surface area (Å²) in [5, 5.41) is 5.58. The third kappa shape index (κ3) is 6.11. The summed E-state index contributed by atoms with van der Waals surface area (Å²) >= 11 is 1.39. The molecule has 0 N–H and O–H groups in total. The molecule has 2 atom stereocenters. The number of hydrogen-bond donors (Lipinski definition) is 0. The minimum Gasteiger partial charge on any atom is -0.489 e. The molecule has 6 rings (SSSR count). The van der Waals surface area contributed by atoms with E-state index in [1.807, 2.05) is 85.4 Å². The Bertz CT molecular complexity index is 1610. The van der Waals surface area contributed by atoms with Crippen molar-refractivity contribution in [2.45, 2.75) is 32.7 Å². The van der Waals surface area contributed by atoms with Gasteiger partial charge in [0, 0.05) is 36.0 Å². The van der Waals surface area contributed by atoms with Gasteiger partial charge in [0.05, 0.1) is 28.5 Å². The quantitative estimate of drug-likeness (QED) is 0.253. The van der Waals surface area contributed by atoms with Gasteiger partial charge in [-0.25, -0.2) is 9.07 Å². The maximum atomic E-state index is 14.0. The zero-order chi connectivity index (χ0) is 28.3. The maximum absolute atomic E-state index is 14.0. The first-order valence-electron chi connectivity index (χ1n) is 13.5.